The van der Waals surface area contributed by atoms with Gasteiger partial charge in [-0.2, -0.15) is 0 Å². The normalized spacial score (nSPS) is 17.4. The van der Waals surface area contributed by atoms with Crippen LogP contribution in [-0.2, 0) is 11.3 Å². The number of rotatable bonds is 6. The van der Waals surface area contributed by atoms with Crippen LogP contribution in [0.2, 0.25) is 0 Å². The third-order valence-corrected chi connectivity index (χ3v) is 6.67. The van der Waals surface area contributed by atoms with Gasteiger partial charge in [-0.25, -0.2) is 4.98 Å². The van der Waals surface area contributed by atoms with Gasteiger partial charge in [0.25, 0.3) is 0 Å². The minimum Gasteiger partial charge on any atom is -0.378 e. The van der Waals surface area contributed by atoms with E-state index in [1.165, 1.54) is 9.71 Å². The Labute approximate surface area is 176 Å². The molecule has 0 radical (unpaired) electrons. The van der Waals surface area contributed by atoms with E-state index in [4.69, 9.17) is 4.98 Å². The highest BCUT2D eigenvalue weighted by Gasteiger charge is 2.25. The topological polar surface area (TPSA) is 48.5 Å². The SMILES string of the molecule is CN(C)c1ccc(CNC(=O)CN2CCC[C@@H](c3nc4ccccc4s3)C2)cc1. The lowest BCUT2D eigenvalue weighted by Crippen LogP contribution is -2.41. The Kier molecular flexibility index (Phi) is 6.11. The molecule has 1 saturated heterocycles. The van der Waals surface area contributed by atoms with Gasteiger partial charge in [-0.1, -0.05) is 24.3 Å². The molecule has 2 heterocycles. The number of fused-ring (bicyclic) bond motifs is 1. The van der Waals surface area contributed by atoms with Gasteiger partial charge in [0, 0.05) is 38.8 Å². The number of para-hydroxylation sites is 1. The number of carbonyl (C=O) groups is 1. The van der Waals surface area contributed by atoms with Crippen LogP contribution >= 0.6 is 11.3 Å². The molecule has 1 aliphatic rings. The first-order chi connectivity index (χ1) is 14.1. The zero-order chi connectivity index (χ0) is 20.2. The van der Waals surface area contributed by atoms with Gasteiger partial charge >= 0.3 is 0 Å². The van der Waals surface area contributed by atoms with E-state index in [2.05, 4.69) is 57.6 Å². The van der Waals surface area contributed by atoms with Gasteiger partial charge < -0.3 is 10.2 Å². The lowest BCUT2D eigenvalue weighted by molar-refractivity contribution is -0.122. The second-order valence-corrected chi connectivity index (χ2v) is 8.99. The maximum atomic E-state index is 12.5. The summed E-state index contributed by atoms with van der Waals surface area (Å²) in [6.07, 6.45) is 2.26. The summed E-state index contributed by atoms with van der Waals surface area (Å²) < 4.78 is 1.25. The number of aromatic nitrogens is 1. The summed E-state index contributed by atoms with van der Waals surface area (Å²) in [6.45, 7) is 2.91. The van der Waals surface area contributed by atoms with Gasteiger partial charge in [-0.05, 0) is 49.2 Å². The lowest BCUT2D eigenvalue weighted by atomic mass is 9.99. The highest BCUT2D eigenvalue weighted by atomic mass is 32.1. The van der Waals surface area contributed by atoms with Crippen LogP contribution in [0.1, 0.15) is 29.3 Å². The fourth-order valence-electron chi connectivity index (χ4n) is 3.84. The molecule has 1 atom stereocenters. The van der Waals surface area contributed by atoms with E-state index in [0.717, 1.165) is 42.7 Å². The third kappa shape index (κ3) is 4.95. The molecular formula is C23H28N4OS. The number of piperidine rings is 1. The van der Waals surface area contributed by atoms with Crippen molar-refractivity contribution in [3.63, 3.8) is 0 Å². The predicted molar refractivity (Wildman–Crippen MR) is 121 cm³/mol. The van der Waals surface area contributed by atoms with Crippen LogP contribution in [0, 0.1) is 0 Å². The molecule has 1 fully saturated rings. The molecule has 0 spiro atoms. The Bertz CT molecular complexity index is 933. The molecule has 0 bridgehead atoms. The van der Waals surface area contributed by atoms with Gasteiger partial charge in [0.05, 0.1) is 21.8 Å². The fourth-order valence-corrected chi connectivity index (χ4v) is 4.93. The molecule has 0 saturated carbocycles. The summed E-state index contributed by atoms with van der Waals surface area (Å²) >= 11 is 1.79. The van der Waals surface area contributed by atoms with E-state index in [1.54, 1.807) is 11.3 Å². The van der Waals surface area contributed by atoms with Crippen molar-refractivity contribution in [3.05, 3.63) is 59.1 Å². The van der Waals surface area contributed by atoms with Crippen molar-refractivity contribution in [2.75, 3.05) is 38.6 Å². The quantitative estimate of drug-likeness (QED) is 0.673. The van der Waals surface area contributed by atoms with E-state index < -0.39 is 0 Å². The fraction of sp³-hybridized carbons (Fsp3) is 0.391. The van der Waals surface area contributed by atoms with Crippen molar-refractivity contribution >= 4 is 33.1 Å². The van der Waals surface area contributed by atoms with E-state index in [-0.39, 0.29) is 5.91 Å². The maximum absolute atomic E-state index is 12.5. The van der Waals surface area contributed by atoms with Gasteiger partial charge in [0.15, 0.2) is 0 Å². The standard InChI is InChI=1S/C23H28N4OS/c1-26(2)19-11-9-17(10-12-19)14-24-22(28)16-27-13-5-6-18(15-27)23-25-20-7-3-4-8-21(20)29-23/h3-4,7-12,18H,5-6,13-16H2,1-2H3,(H,24,28)/t18-/m1/s1. The Balaban J connectivity index is 1.30. The molecule has 0 aliphatic carbocycles. The Morgan fingerprint density at radius 3 is 2.76 bits per heavy atom. The molecule has 152 valence electrons. The van der Waals surface area contributed by atoms with Crippen molar-refractivity contribution in [1.82, 2.24) is 15.2 Å². The zero-order valence-electron chi connectivity index (χ0n) is 17.1. The summed E-state index contributed by atoms with van der Waals surface area (Å²) in [5.74, 6) is 0.513. The van der Waals surface area contributed by atoms with E-state index in [0.29, 0.717) is 19.0 Å². The number of nitrogens with one attached hydrogen (secondary N) is 1. The largest absolute Gasteiger partial charge is 0.378 e. The van der Waals surface area contributed by atoms with Crippen molar-refractivity contribution < 1.29 is 4.79 Å². The van der Waals surface area contributed by atoms with Crippen LogP contribution < -0.4 is 10.2 Å². The monoisotopic (exact) mass is 408 g/mol. The summed E-state index contributed by atoms with van der Waals surface area (Å²) in [5, 5.41) is 4.27. The number of hydrogen-bond donors (Lipinski definition) is 1. The number of amides is 1. The smallest absolute Gasteiger partial charge is 0.234 e. The molecule has 0 unspecified atom stereocenters. The van der Waals surface area contributed by atoms with Crippen LogP contribution in [0.4, 0.5) is 5.69 Å². The number of benzene rings is 2. The van der Waals surface area contributed by atoms with Crippen molar-refractivity contribution in [3.8, 4) is 0 Å². The number of nitrogens with zero attached hydrogens (tertiary/aromatic N) is 3. The first-order valence-electron chi connectivity index (χ1n) is 10.2. The van der Waals surface area contributed by atoms with Crippen molar-refractivity contribution in [1.29, 1.82) is 0 Å². The van der Waals surface area contributed by atoms with Crippen LogP contribution in [0.5, 0.6) is 0 Å². The average molecular weight is 409 g/mol. The van der Waals surface area contributed by atoms with Gasteiger partial charge in [0.2, 0.25) is 5.91 Å². The van der Waals surface area contributed by atoms with Crippen LogP contribution in [0.3, 0.4) is 0 Å². The molecule has 1 aromatic heterocycles. The molecule has 1 N–H and O–H groups in total. The van der Waals surface area contributed by atoms with Gasteiger partial charge in [0.1, 0.15) is 0 Å². The minimum atomic E-state index is 0.0895. The molecule has 29 heavy (non-hydrogen) atoms. The molecule has 6 heteroatoms. The summed E-state index contributed by atoms with van der Waals surface area (Å²) in [6, 6.07) is 16.6. The Morgan fingerprint density at radius 1 is 1.21 bits per heavy atom. The van der Waals surface area contributed by atoms with Gasteiger partial charge in [-0.3, -0.25) is 9.69 Å². The molecule has 5 nitrogen and oxygen atoms in total. The van der Waals surface area contributed by atoms with Crippen molar-refractivity contribution in [2.24, 2.45) is 0 Å². The first-order valence-corrected chi connectivity index (χ1v) is 11.0. The summed E-state index contributed by atoms with van der Waals surface area (Å²) in [7, 11) is 4.05. The predicted octanol–water partition coefficient (Wildman–Crippen LogP) is 3.86. The number of hydrogen-bond acceptors (Lipinski definition) is 5. The molecule has 2 aromatic carbocycles. The number of anilines is 1. The Hall–Kier alpha value is -2.44. The molecule has 3 aromatic rings. The molecule has 4 rings (SSSR count). The molecular weight excluding hydrogens is 380 g/mol. The van der Waals surface area contributed by atoms with E-state index >= 15 is 0 Å². The van der Waals surface area contributed by atoms with Crippen LogP contribution in [-0.4, -0.2) is 49.5 Å². The van der Waals surface area contributed by atoms with Gasteiger partial charge in [-0.15, -0.1) is 11.3 Å². The van der Waals surface area contributed by atoms with E-state index in [1.807, 2.05) is 20.2 Å². The molecule has 1 aliphatic heterocycles. The number of carbonyl (C=O) groups excluding carboxylic acids is 1. The third-order valence-electron chi connectivity index (χ3n) is 5.47. The minimum absolute atomic E-state index is 0.0895. The van der Waals surface area contributed by atoms with E-state index in [9.17, 15) is 4.79 Å². The number of thiazole rings is 1. The van der Waals surface area contributed by atoms with Crippen molar-refractivity contribution in [2.45, 2.75) is 25.3 Å². The summed E-state index contributed by atoms with van der Waals surface area (Å²) in [5.41, 5.74) is 3.37. The second-order valence-electron chi connectivity index (χ2n) is 7.93. The molecule has 1 amide bonds. The zero-order valence-corrected chi connectivity index (χ0v) is 17.9. The van der Waals surface area contributed by atoms with Crippen LogP contribution in [0.25, 0.3) is 10.2 Å². The second kappa shape index (κ2) is 8.93. The lowest BCUT2D eigenvalue weighted by Gasteiger charge is -2.31. The summed E-state index contributed by atoms with van der Waals surface area (Å²) in [4.78, 5) is 21.6. The number of likely N-dealkylation sites (tertiary alicyclic amines) is 1. The highest BCUT2D eigenvalue weighted by Crippen LogP contribution is 2.32. The Morgan fingerprint density at radius 2 is 2.00 bits per heavy atom. The average Bonchev–Trinajstić information content (AvgIpc) is 3.17. The first kappa shape index (κ1) is 19.9. The highest BCUT2D eigenvalue weighted by molar-refractivity contribution is 7.18. The maximum Gasteiger partial charge on any atom is 0.234 e. The van der Waals surface area contributed by atoms with Crippen LogP contribution in [0.15, 0.2) is 48.5 Å².